The number of hydrogen-bond acceptors (Lipinski definition) is 6. The molecule has 0 saturated carbocycles. The van der Waals surface area contributed by atoms with Gasteiger partial charge in [0, 0.05) is 22.7 Å². The van der Waals surface area contributed by atoms with E-state index in [0.29, 0.717) is 28.2 Å². The minimum Gasteiger partial charge on any atom is -0.489 e. The molecule has 1 saturated heterocycles. The van der Waals surface area contributed by atoms with Crippen molar-refractivity contribution in [3.63, 3.8) is 0 Å². The van der Waals surface area contributed by atoms with E-state index in [1.807, 2.05) is 66.7 Å². The molecule has 1 heterocycles. The van der Waals surface area contributed by atoms with Crippen LogP contribution in [-0.2, 0) is 16.2 Å². The number of amides is 2. The maximum atomic E-state index is 12.2. The number of nitrogens with one attached hydrogen (secondary N) is 2. The highest BCUT2D eigenvalue weighted by molar-refractivity contribution is 8.15. The summed E-state index contributed by atoms with van der Waals surface area (Å²) in [4.78, 5) is 24.4. The van der Waals surface area contributed by atoms with E-state index < -0.39 is 5.25 Å². The summed E-state index contributed by atoms with van der Waals surface area (Å²) in [5.74, 6) is 0.209. The maximum absolute atomic E-state index is 12.2. The Bertz CT molecular complexity index is 1220. The third-order valence-electron chi connectivity index (χ3n) is 4.79. The van der Waals surface area contributed by atoms with Crippen LogP contribution >= 0.6 is 23.4 Å². The topological polar surface area (TPSA) is 92.2 Å². The molecule has 172 valence electrons. The number of amidine groups is 1. The highest BCUT2D eigenvalue weighted by atomic mass is 35.5. The number of halogens is 1. The van der Waals surface area contributed by atoms with Crippen molar-refractivity contribution in [1.29, 1.82) is 0 Å². The summed E-state index contributed by atoms with van der Waals surface area (Å²) in [6.45, 7) is 0.377. The van der Waals surface area contributed by atoms with Crippen LogP contribution in [0.1, 0.15) is 17.5 Å². The monoisotopic (exact) mass is 492 g/mol. The van der Waals surface area contributed by atoms with Gasteiger partial charge in [0.25, 0.3) is 0 Å². The average molecular weight is 493 g/mol. The Balaban J connectivity index is 1.26. The molecule has 1 aliphatic rings. The van der Waals surface area contributed by atoms with Gasteiger partial charge in [-0.15, -0.1) is 5.10 Å². The Kier molecular flexibility index (Phi) is 7.95. The number of carbonyl (C=O) groups is 2. The highest BCUT2D eigenvalue weighted by Gasteiger charge is 2.32. The van der Waals surface area contributed by atoms with Gasteiger partial charge in [0.05, 0.1) is 6.21 Å². The third-order valence-corrected chi connectivity index (χ3v) is 6.23. The van der Waals surface area contributed by atoms with Crippen LogP contribution in [0.2, 0.25) is 5.02 Å². The molecule has 0 aliphatic carbocycles. The number of hydrogen-bond donors (Lipinski definition) is 2. The lowest BCUT2D eigenvalue weighted by Crippen LogP contribution is -2.28. The Morgan fingerprint density at radius 2 is 1.79 bits per heavy atom. The summed E-state index contributed by atoms with van der Waals surface area (Å²) >= 11 is 7.33. The van der Waals surface area contributed by atoms with Crippen LogP contribution in [0.4, 0.5) is 5.69 Å². The summed E-state index contributed by atoms with van der Waals surface area (Å²) in [6, 6.07) is 24.0. The highest BCUT2D eigenvalue weighted by Crippen LogP contribution is 2.23. The molecule has 0 spiro atoms. The van der Waals surface area contributed by atoms with Crippen molar-refractivity contribution in [3.05, 3.63) is 95.0 Å². The largest absolute Gasteiger partial charge is 0.489 e. The van der Waals surface area contributed by atoms with E-state index in [1.54, 1.807) is 18.3 Å². The number of carbonyl (C=O) groups excluding carboxylic acids is 2. The van der Waals surface area contributed by atoms with Crippen LogP contribution in [0.15, 0.2) is 89.1 Å². The zero-order valence-corrected chi connectivity index (χ0v) is 19.6. The Morgan fingerprint density at radius 3 is 2.56 bits per heavy atom. The first-order chi connectivity index (χ1) is 16.6. The van der Waals surface area contributed by atoms with Crippen molar-refractivity contribution in [2.45, 2.75) is 18.3 Å². The fraction of sp³-hybridized carbons (Fsp3) is 0.120. The first kappa shape index (κ1) is 23.5. The molecule has 2 amide bonds. The molecule has 1 aliphatic heterocycles. The van der Waals surface area contributed by atoms with Crippen molar-refractivity contribution in [2.24, 2.45) is 10.2 Å². The lowest BCUT2D eigenvalue weighted by molar-refractivity contribution is -0.122. The van der Waals surface area contributed by atoms with Crippen molar-refractivity contribution in [3.8, 4) is 5.75 Å². The standard InChI is InChI=1S/C25H21ClN4O3S/c26-21-9-5-4-6-18(21)16-33-20-12-10-17(11-13-20)15-27-30-25-29-24(32)22(34-25)14-23(31)28-19-7-2-1-3-8-19/h1-13,15,22H,14,16H2,(H,28,31)(H,29,30,32)/b27-15-/t22-/m0/s1. The number of anilines is 1. The average Bonchev–Trinajstić information content (AvgIpc) is 3.18. The van der Waals surface area contributed by atoms with Gasteiger partial charge in [0.15, 0.2) is 5.17 Å². The first-order valence-corrected chi connectivity index (χ1v) is 11.7. The molecular formula is C25H21ClN4O3S. The molecule has 1 fully saturated rings. The predicted octanol–water partition coefficient (Wildman–Crippen LogP) is 4.87. The van der Waals surface area contributed by atoms with Crippen LogP contribution in [0, 0.1) is 0 Å². The van der Waals surface area contributed by atoms with Crippen LogP contribution < -0.4 is 15.4 Å². The molecule has 9 heteroatoms. The van der Waals surface area contributed by atoms with E-state index in [1.165, 1.54) is 11.8 Å². The lowest BCUT2D eigenvalue weighted by atomic mass is 10.2. The number of benzene rings is 3. The molecule has 34 heavy (non-hydrogen) atoms. The van der Waals surface area contributed by atoms with Crippen molar-refractivity contribution < 1.29 is 14.3 Å². The zero-order chi connectivity index (χ0) is 23.8. The normalized spacial score (nSPS) is 16.6. The van der Waals surface area contributed by atoms with Gasteiger partial charge in [0.2, 0.25) is 11.8 Å². The fourth-order valence-electron chi connectivity index (χ4n) is 3.06. The second-order valence-corrected chi connectivity index (χ2v) is 8.91. The second kappa shape index (κ2) is 11.5. The number of para-hydroxylation sites is 1. The maximum Gasteiger partial charge on any atom is 0.240 e. The molecule has 0 radical (unpaired) electrons. The summed E-state index contributed by atoms with van der Waals surface area (Å²) in [5, 5.41) is 14.0. The molecular weight excluding hydrogens is 472 g/mol. The number of rotatable bonds is 8. The van der Waals surface area contributed by atoms with Gasteiger partial charge in [-0.3, -0.25) is 9.59 Å². The van der Waals surface area contributed by atoms with E-state index in [0.717, 1.165) is 11.1 Å². The quantitative estimate of drug-likeness (QED) is 0.346. The molecule has 1 atom stereocenters. The summed E-state index contributed by atoms with van der Waals surface area (Å²) in [7, 11) is 0. The molecule has 0 unspecified atom stereocenters. The Labute approximate surface area is 206 Å². The Hall–Kier alpha value is -3.62. The number of thioether (sulfide) groups is 1. The number of ether oxygens (including phenoxy) is 1. The van der Waals surface area contributed by atoms with Crippen LogP contribution in [0.3, 0.4) is 0 Å². The van der Waals surface area contributed by atoms with E-state index >= 15 is 0 Å². The van der Waals surface area contributed by atoms with Crippen LogP contribution in [0.5, 0.6) is 5.75 Å². The van der Waals surface area contributed by atoms with Crippen molar-refractivity contribution in [1.82, 2.24) is 5.32 Å². The van der Waals surface area contributed by atoms with Gasteiger partial charge >= 0.3 is 0 Å². The Morgan fingerprint density at radius 1 is 1.06 bits per heavy atom. The van der Waals surface area contributed by atoms with Crippen LogP contribution in [-0.4, -0.2) is 28.4 Å². The van der Waals surface area contributed by atoms with E-state index in [-0.39, 0.29) is 18.2 Å². The molecule has 3 aromatic carbocycles. The zero-order valence-electron chi connectivity index (χ0n) is 18.0. The van der Waals surface area contributed by atoms with Gasteiger partial charge in [0.1, 0.15) is 17.6 Å². The minimum absolute atomic E-state index is 0.0454. The van der Waals surface area contributed by atoms with E-state index in [4.69, 9.17) is 16.3 Å². The summed E-state index contributed by atoms with van der Waals surface area (Å²) in [5.41, 5.74) is 2.43. The summed E-state index contributed by atoms with van der Waals surface area (Å²) in [6.07, 6.45) is 1.62. The fourth-order valence-corrected chi connectivity index (χ4v) is 4.18. The minimum atomic E-state index is -0.549. The van der Waals surface area contributed by atoms with Crippen molar-refractivity contribution in [2.75, 3.05) is 5.32 Å². The van der Waals surface area contributed by atoms with Gasteiger partial charge in [-0.05, 0) is 48.0 Å². The summed E-state index contributed by atoms with van der Waals surface area (Å²) < 4.78 is 5.77. The third kappa shape index (κ3) is 6.69. The molecule has 0 bridgehead atoms. The molecule has 3 aromatic rings. The van der Waals surface area contributed by atoms with Gasteiger partial charge in [-0.2, -0.15) is 5.10 Å². The lowest BCUT2D eigenvalue weighted by Gasteiger charge is -2.07. The predicted molar refractivity (Wildman–Crippen MR) is 136 cm³/mol. The molecule has 4 rings (SSSR count). The van der Waals surface area contributed by atoms with Gasteiger partial charge in [-0.25, -0.2) is 0 Å². The van der Waals surface area contributed by atoms with Crippen molar-refractivity contribution >= 4 is 52.2 Å². The van der Waals surface area contributed by atoms with Crippen LogP contribution in [0.25, 0.3) is 0 Å². The molecule has 7 nitrogen and oxygen atoms in total. The van der Waals surface area contributed by atoms with E-state index in [9.17, 15) is 9.59 Å². The molecule has 2 N–H and O–H groups in total. The SMILES string of the molecule is O=C(C[C@@H]1S/C(=N\N=C/c2ccc(OCc3ccccc3Cl)cc2)NC1=O)Nc1ccccc1. The second-order valence-electron chi connectivity index (χ2n) is 7.31. The smallest absolute Gasteiger partial charge is 0.240 e. The first-order valence-electron chi connectivity index (χ1n) is 10.5. The number of nitrogens with zero attached hydrogens (tertiary/aromatic N) is 2. The van der Waals surface area contributed by atoms with Gasteiger partial charge in [-0.1, -0.05) is 59.8 Å². The molecule has 0 aromatic heterocycles. The van der Waals surface area contributed by atoms with E-state index in [2.05, 4.69) is 20.8 Å². The van der Waals surface area contributed by atoms with Gasteiger partial charge < -0.3 is 15.4 Å².